The van der Waals surface area contributed by atoms with Crippen LogP contribution in [0.25, 0.3) is 105 Å². The van der Waals surface area contributed by atoms with E-state index in [1.54, 1.807) is 0 Å². The van der Waals surface area contributed by atoms with Crippen molar-refractivity contribution in [2.45, 2.75) is 0 Å². The summed E-state index contributed by atoms with van der Waals surface area (Å²) < 4.78 is 322. The third-order valence-electron chi connectivity index (χ3n) is 9.29. The van der Waals surface area contributed by atoms with Crippen LogP contribution in [0.1, 0.15) is 48.0 Å². The molecule has 0 aliphatic carbocycles. The monoisotopic (exact) mass is 761 g/mol. The van der Waals surface area contributed by atoms with Gasteiger partial charge in [0.2, 0.25) is 0 Å². The summed E-state index contributed by atoms with van der Waals surface area (Å²) in [5.41, 5.74) is -11.3. The second-order valence-electron chi connectivity index (χ2n) is 12.3. The molecule has 57 heavy (non-hydrogen) atoms. The first-order valence-corrected chi connectivity index (χ1v) is 16.8. The Morgan fingerprint density at radius 1 is 0.263 bits per heavy atom. The van der Waals surface area contributed by atoms with Crippen LogP contribution in [0, 0.1) is 0 Å². The number of hydrogen-bond donors (Lipinski definition) is 0. The van der Waals surface area contributed by atoms with Gasteiger partial charge in [-0.1, -0.05) is 145 Å². The largest absolute Gasteiger partial charge is 0.309 e. The number of benzene rings is 9. The molecule has 0 aliphatic heterocycles. The van der Waals surface area contributed by atoms with Crippen molar-refractivity contribution in [3.8, 4) is 39.3 Å². The molecule has 266 valence electrons. The lowest BCUT2D eigenvalue weighted by molar-refractivity contribution is 1.15. The molecule has 3 heteroatoms. The zero-order chi connectivity index (χ0) is 67.9. The quantitative estimate of drug-likeness (QED) is 0.166. The molecule has 0 fully saturated rings. The van der Waals surface area contributed by atoms with E-state index >= 15 is 0 Å². The Kier molecular flexibility index (Phi) is 2.78. The molecular formula is C54H35N3. The number of para-hydroxylation sites is 4. The van der Waals surface area contributed by atoms with Crippen molar-refractivity contribution in [2.75, 3.05) is 0 Å². The number of rotatable bonds is 5. The molecule has 0 atom stereocenters. The van der Waals surface area contributed by atoms with E-state index in [-0.39, 0.29) is 0 Å². The van der Waals surface area contributed by atoms with Gasteiger partial charge < -0.3 is 13.7 Å². The van der Waals surface area contributed by atoms with Gasteiger partial charge >= 0.3 is 0 Å². The Bertz CT molecular complexity index is 5480. The van der Waals surface area contributed by atoms with Crippen LogP contribution in [0.2, 0.25) is 0 Å². The van der Waals surface area contributed by atoms with E-state index in [9.17, 15) is 23.3 Å². The molecule has 3 aromatic heterocycles. The molecule has 0 N–H and O–H groups in total. The van der Waals surface area contributed by atoms with Gasteiger partial charge in [-0.2, -0.15) is 0 Å². The molecule has 9 aromatic carbocycles. The van der Waals surface area contributed by atoms with Crippen LogP contribution in [-0.4, -0.2) is 13.7 Å². The molecular weight excluding hydrogens is 691 g/mol. The molecule has 0 aliphatic rings. The third kappa shape index (κ3) is 4.79. The minimum atomic E-state index is -1.22. The lowest BCUT2D eigenvalue weighted by atomic mass is 9.99. The predicted molar refractivity (Wildman–Crippen MR) is 240 cm³/mol. The maximum atomic E-state index is 10.4. The van der Waals surface area contributed by atoms with Gasteiger partial charge in [-0.15, -0.1) is 0 Å². The zero-order valence-corrected chi connectivity index (χ0v) is 28.3. The predicted octanol–water partition coefficient (Wildman–Crippen LogP) is 14.3. The fourth-order valence-corrected chi connectivity index (χ4v) is 6.97. The van der Waals surface area contributed by atoms with Gasteiger partial charge in [0, 0.05) is 43.7 Å². The summed E-state index contributed by atoms with van der Waals surface area (Å²) in [4.78, 5) is 0. The minimum absolute atomic E-state index is 0.549. The van der Waals surface area contributed by atoms with Crippen molar-refractivity contribution in [2.24, 2.45) is 0 Å². The molecule has 0 bridgehead atoms. The second-order valence-corrected chi connectivity index (χ2v) is 12.3. The first-order valence-electron chi connectivity index (χ1n) is 34.3. The van der Waals surface area contributed by atoms with Gasteiger partial charge in [0.05, 0.1) is 86.8 Å². The van der Waals surface area contributed by atoms with Gasteiger partial charge in [-0.05, 0) is 88.7 Å². The Morgan fingerprint density at radius 3 is 1.39 bits per heavy atom. The van der Waals surface area contributed by atoms with Gasteiger partial charge in [0.25, 0.3) is 0 Å². The zero-order valence-electron chi connectivity index (χ0n) is 63.3. The molecule has 3 heterocycles. The van der Waals surface area contributed by atoms with E-state index in [1.807, 2.05) is 0 Å². The first-order chi connectivity index (χ1) is 42.9. The van der Waals surface area contributed by atoms with Crippen LogP contribution < -0.4 is 0 Å². The molecule has 0 saturated carbocycles. The summed E-state index contributed by atoms with van der Waals surface area (Å²) >= 11 is 0. The second kappa shape index (κ2) is 12.5. The van der Waals surface area contributed by atoms with E-state index in [1.165, 1.54) is 0 Å². The van der Waals surface area contributed by atoms with Crippen molar-refractivity contribution < 1.29 is 48.0 Å². The van der Waals surface area contributed by atoms with Crippen molar-refractivity contribution in [3.63, 3.8) is 0 Å². The average molecular weight is 761 g/mol. The van der Waals surface area contributed by atoms with Crippen molar-refractivity contribution in [1.29, 1.82) is 0 Å². The van der Waals surface area contributed by atoms with Crippen LogP contribution >= 0.6 is 0 Å². The smallest absolute Gasteiger partial charge is 0.0667 e. The lowest BCUT2D eigenvalue weighted by Gasteiger charge is -2.13. The van der Waals surface area contributed by atoms with Crippen molar-refractivity contribution in [1.82, 2.24) is 13.7 Å². The number of hydrogen-bond acceptors (Lipinski definition) is 0. The van der Waals surface area contributed by atoms with E-state index in [0.29, 0.717) is 9.13 Å². The summed E-state index contributed by atoms with van der Waals surface area (Å²) in [6.45, 7) is 0. The average Bonchev–Trinajstić information content (AvgIpc) is 1.48. The number of fused-ring (bicyclic) bond motifs is 9. The highest BCUT2D eigenvalue weighted by Crippen LogP contribution is 2.41. The highest BCUT2D eigenvalue weighted by atomic mass is 15.0. The maximum Gasteiger partial charge on any atom is 0.0667 e. The molecule has 12 rings (SSSR count). The van der Waals surface area contributed by atoms with Crippen LogP contribution in [0.5, 0.6) is 0 Å². The Balaban J connectivity index is 1.33. The van der Waals surface area contributed by atoms with Crippen molar-refractivity contribution in [3.05, 3.63) is 211 Å². The maximum absolute atomic E-state index is 10.4. The minimum Gasteiger partial charge on any atom is -0.309 e. The Labute approximate surface area is 378 Å². The Morgan fingerprint density at radius 2 is 0.702 bits per heavy atom. The summed E-state index contributed by atoms with van der Waals surface area (Å²) in [6, 6.07) is -36.0. The molecule has 12 aromatic rings. The van der Waals surface area contributed by atoms with Crippen LogP contribution in [0.4, 0.5) is 0 Å². The molecule has 0 spiro atoms. The third-order valence-corrected chi connectivity index (χ3v) is 9.29. The van der Waals surface area contributed by atoms with E-state index < -0.39 is 316 Å². The highest BCUT2D eigenvalue weighted by molar-refractivity contribution is 6.17. The molecule has 0 amide bonds. The molecule has 0 unspecified atom stereocenters. The molecule has 0 saturated heterocycles. The summed E-state index contributed by atoms with van der Waals surface area (Å²) in [5.74, 6) is 0. The fourth-order valence-electron chi connectivity index (χ4n) is 6.97. The topological polar surface area (TPSA) is 14.8 Å². The number of aromatic nitrogens is 3. The summed E-state index contributed by atoms with van der Waals surface area (Å²) in [7, 11) is 0. The van der Waals surface area contributed by atoms with Gasteiger partial charge in [0.1, 0.15) is 0 Å². The van der Waals surface area contributed by atoms with E-state index in [2.05, 4.69) is 0 Å². The van der Waals surface area contributed by atoms with Crippen LogP contribution in [0.15, 0.2) is 211 Å². The highest BCUT2D eigenvalue weighted by Gasteiger charge is 2.21. The standard InChI is InChI=1S/C54H35N3/c1-2-15-36(16-3-1)37-17-12-18-38(33-37)39-19-13-20-40(34-39)56-47-25-8-4-23-44(47)45-32-31-41(35-53(45)56)55-50-28-11-7-24-46(50)54-51(55)29-14-30-52(54)57-48-26-9-5-21-42(48)43-22-6-10-27-49(43)57/h1-35H/i1D,2D,3D,4D,5D,6D,7D,8D,9D,10D,11D,12D,13D,14D,15D,16D,17D,18D,19D,20D,21D,22D,23D,24D,25D,26D,27D,28D,29D,30D,31D,32D,33D,34D,35D. The number of nitrogens with zero attached hydrogens (tertiary/aromatic N) is 3. The van der Waals surface area contributed by atoms with Crippen LogP contribution in [0.3, 0.4) is 0 Å². The summed E-state index contributed by atoms with van der Waals surface area (Å²) in [6.07, 6.45) is 0. The van der Waals surface area contributed by atoms with Crippen LogP contribution in [-0.2, 0) is 0 Å². The molecule has 3 nitrogen and oxygen atoms in total. The van der Waals surface area contributed by atoms with Gasteiger partial charge in [-0.25, -0.2) is 0 Å². The first kappa shape index (κ1) is 12.7. The van der Waals surface area contributed by atoms with Gasteiger partial charge in [0.15, 0.2) is 0 Å². The van der Waals surface area contributed by atoms with Gasteiger partial charge in [-0.3, -0.25) is 0 Å². The van der Waals surface area contributed by atoms with E-state index in [4.69, 9.17) is 24.7 Å². The molecule has 0 radical (unpaired) electrons. The summed E-state index contributed by atoms with van der Waals surface area (Å²) in [5, 5.41) is -3.99. The normalized spacial score (nSPS) is 20.5. The van der Waals surface area contributed by atoms with Crippen molar-refractivity contribution >= 4 is 65.4 Å². The van der Waals surface area contributed by atoms with E-state index in [0.717, 1.165) is 4.57 Å². The SMILES string of the molecule is [2H]c1c([2H])c([2H])c(-c2c([2H])c([2H])c([2H])c(-c3c([2H])c([2H])c([2H])c(-n4c5c([2H])c([2H])c([2H])c([2H])c5c5c([2H])c([2H])c(-n6c7c([2H])c([2H])c([2H])c([2H])c7c7c(-n8c9c([2H])c([2H])c([2H])c([2H])c9c9c([2H])c([2H])c([2H])c([2H])c98)c([2H])c([2H])c([2H])c76)c([2H])c54)c3[2H])c2[2H])c([2H])c1[2H]. The lowest BCUT2D eigenvalue weighted by Crippen LogP contribution is -1.98. The fraction of sp³-hybridized carbons (Fsp3) is 0. The Hall–Kier alpha value is -7.62.